The van der Waals surface area contributed by atoms with Crippen molar-refractivity contribution in [1.82, 2.24) is 19.4 Å². The predicted octanol–water partition coefficient (Wildman–Crippen LogP) is 7.83. The molecule has 38 heavy (non-hydrogen) atoms. The highest BCUT2D eigenvalue weighted by atomic mass is 79.9. The minimum Gasteiger partial charge on any atom is -0.470 e. The van der Waals surface area contributed by atoms with E-state index in [1.54, 1.807) is 0 Å². The van der Waals surface area contributed by atoms with E-state index in [4.69, 9.17) is 14.5 Å². The van der Waals surface area contributed by atoms with Crippen molar-refractivity contribution in [2.75, 3.05) is 0 Å². The van der Waals surface area contributed by atoms with Crippen molar-refractivity contribution in [3.8, 4) is 28.3 Å². The molecule has 1 saturated carbocycles. The monoisotopic (exact) mass is 574 g/mol. The molecule has 7 nitrogen and oxygen atoms in total. The fourth-order valence-corrected chi connectivity index (χ4v) is 6.97. The number of piperidine rings is 1. The largest absolute Gasteiger partial charge is 0.470 e. The minimum absolute atomic E-state index is 0.0821. The van der Waals surface area contributed by atoms with Gasteiger partial charge in [-0.05, 0) is 89.3 Å². The first kappa shape index (κ1) is 23.8. The number of likely N-dealkylation sites (tertiary alicyclic amines) is 1. The fourth-order valence-electron chi connectivity index (χ4n) is 6.59. The maximum atomic E-state index is 13.1. The molecule has 2 bridgehead atoms. The number of nitrogens with zero attached hydrogens (tertiary/aromatic N) is 3. The van der Waals surface area contributed by atoms with Crippen LogP contribution in [-0.4, -0.2) is 37.2 Å². The van der Waals surface area contributed by atoms with Crippen LogP contribution in [-0.2, 0) is 4.74 Å². The van der Waals surface area contributed by atoms with Crippen molar-refractivity contribution in [2.24, 2.45) is 5.92 Å². The van der Waals surface area contributed by atoms with Gasteiger partial charge in [0.25, 0.3) is 0 Å². The number of nitrogens with one attached hydrogen (secondary N) is 1. The van der Waals surface area contributed by atoms with E-state index in [1.807, 2.05) is 31.9 Å². The molecule has 4 heterocycles. The van der Waals surface area contributed by atoms with E-state index in [0.717, 1.165) is 63.3 Å². The molecule has 2 aromatic carbocycles. The van der Waals surface area contributed by atoms with Crippen molar-refractivity contribution in [3.05, 3.63) is 59.0 Å². The summed E-state index contributed by atoms with van der Waals surface area (Å²) in [6.07, 6.45) is 4.65. The van der Waals surface area contributed by atoms with Crippen LogP contribution in [0.25, 0.3) is 33.4 Å². The Morgan fingerprint density at radius 1 is 1.16 bits per heavy atom. The van der Waals surface area contributed by atoms with Crippen molar-refractivity contribution in [3.63, 3.8) is 0 Å². The normalized spacial score (nSPS) is 23.9. The summed E-state index contributed by atoms with van der Waals surface area (Å²) in [6.45, 7) is 7.82. The topological polar surface area (TPSA) is 72.4 Å². The number of hydrogen-bond acceptors (Lipinski definition) is 4. The third-order valence-corrected chi connectivity index (χ3v) is 8.59. The van der Waals surface area contributed by atoms with Crippen molar-refractivity contribution < 1.29 is 14.3 Å². The number of fused-ring (bicyclic) bond motifs is 7. The van der Waals surface area contributed by atoms with Crippen LogP contribution in [0.5, 0.6) is 5.75 Å². The molecule has 0 spiro atoms. The molecule has 4 atom stereocenters. The van der Waals surface area contributed by atoms with E-state index in [-0.39, 0.29) is 24.4 Å². The van der Waals surface area contributed by atoms with Gasteiger partial charge in [0.1, 0.15) is 17.2 Å². The number of imidazole rings is 1. The van der Waals surface area contributed by atoms with Gasteiger partial charge in [-0.3, -0.25) is 4.90 Å². The number of carbonyl (C=O) groups is 1. The van der Waals surface area contributed by atoms with Crippen LogP contribution in [0.2, 0.25) is 0 Å². The highest BCUT2D eigenvalue weighted by molar-refractivity contribution is 9.10. The number of aromatic nitrogens is 3. The predicted molar refractivity (Wildman–Crippen MR) is 150 cm³/mol. The van der Waals surface area contributed by atoms with Gasteiger partial charge in [-0.2, -0.15) is 0 Å². The number of rotatable bonds is 2. The molecular weight excluding hydrogens is 544 g/mol. The van der Waals surface area contributed by atoms with Crippen LogP contribution in [0, 0.1) is 5.92 Å². The van der Waals surface area contributed by atoms with Gasteiger partial charge < -0.3 is 19.0 Å². The molecule has 4 aromatic rings. The Hall–Kier alpha value is -3.26. The first-order valence-electron chi connectivity index (χ1n) is 13.3. The number of H-pyrrole nitrogens is 1. The zero-order valence-corrected chi connectivity index (χ0v) is 23.6. The smallest absolute Gasteiger partial charge is 0.411 e. The summed E-state index contributed by atoms with van der Waals surface area (Å²) in [4.78, 5) is 23.4. The molecule has 1 amide bonds. The van der Waals surface area contributed by atoms with Crippen molar-refractivity contribution >= 4 is 32.9 Å². The van der Waals surface area contributed by atoms with Crippen LogP contribution in [0.3, 0.4) is 0 Å². The highest BCUT2D eigenvalue weighted by Crippen LogP contribution is 2.50. The lowest BCUT2D eigenvalue weighted by Gasteiger charge is -2.35. The average molecular weight is 576 g/mol. The number of hydrogen-bond donors (Lipinski definition) is 1. The Balaban J connectivity index is 1.21. The second-order valence-electron chi connectivity index (χ2n) is 11.8. The minimum atomic E-state index is -0.528. The zero-order valence-electron chi connectivity index (χ0n) is 22.0. The SMILES string of the molecule is CC1Oc2cc(-c3cnc([C@@H]4[C@H]5CC[C@H](C5)N4C(=O)OC(C)(C)C)[nH]3)ccc2-c2cc3cc(Br)ccc3n21. The van der Waals surface area contributed by atoms with E-state index in [1.165, 1.54) is 5.39 Å². The number of ether oxygens (including phenoxy) is 2. The molecule has 1 aliphatic carbocycles. The maximum absolute atomic E-state index is 13.1. The lowest BCUT2D eigenvalue weighted by molar-refractivity contribution is 0.00620. The van der Waals surface area contributed by atoms with E-state index in [0.29, 0.717) is 5.92 Å². The molecular formula is C30H31BrN4O3. The van der Waals surface area contributed by atoms with Crippen LogP contribution < -0.4 is 4.74 Å². The lowest BCUT2D eigenvalue weighted by Crippen LogP contribution is -2.43. The first-order chi connectivity index (χ1) is 18.2. The Bertz CT molecular complexity index is 1580. The van der Waals surface area contributed by atoms with Crippen molar-refractivity contribution in [1.29, 1.82) is 0 Å². The number of carbonyl (C=O) groups excluding carboxylic acids is 1. The van der Waals surface area contributed by atoms with Crippen LogP contribution >= 0.6 is 15.9 Å². The zero-order chi connectivity index (χ0) is 26.3. The van der Waals surface area contributed by atoms with Crippen LogP contribution in [0.15, 0.2) is 53.1 Å². The third kappa shape index (κ3) is 3.75. The molecule has 1 saturated heterocycles. The molecule has 2 aliphatic heterocycles. The summed E-state index contributed by atoms with van der Waals surface area (Å²) in [5.74, 6) is 2.09. The van der Waals surface area contributed by atoms with Gasteiger partial charge in [-0.1, -0.05) is 22.0 Å². The van der Waals surface area contributed by atoms with Gasteiger partial charge in [-0.25, -0.2) is 9.78 Å². The summed E-state index contributed by atoms with van der Waals surface area (Å²) in [6, 6.07) is 15.0. The van der Waals surface area contributed by atoms with Gasteiger partial charge in [-0.15, -0.1) is 0 Å². The van der Waals surface area contributed by atoms with E-state index in [9.17, 15) is 4.79 Å². The van der Waals surface area contributed by atoms with Crippen molar-refractivity contribution in [2.45, 2.75) is 70.9 Å². The molecule has 2 fully saturated rings. The molecule has 1 unspecified atom stereocenters. The van der Waals surface area contributed by atoms with Gasteiger partial charge in [0.15, 0.2) is 6.23 Å². The molecule has 3 aliphatic rings. The Labute approximate surface area is 230 Å². The molecule has 1 N–H and O–H groups in total. The van der Waals surface area contributed by atoms with E-state index in [2.05, 4.69) is 74.9 Å². The summed E-state index contributed by atoms with van der Waals surface area (Å²) in [5, 5.41) is 1.18. The van der Waals surface area contributed by atoms with Crippen LogP contribution in [0.4, 0.5) is 4.79 Å². The second-order valence-corrected chi connectivity index (χ2v) is 12.7. The maximum Gasteiger partial charge on any atom is 0.411 e. The first-order valence-corrected chi connectivity index (χ1v) is 14.1. The standard InChI is InChI=1S/C30H31BrN4O3/c1-16-34-24-10-7-20(31)11-19(24)13-25(34)22-9-6-17(14-26(22)37-16)23-15-32-28(33-23)27-18-5-8-21(12-18)35(27)29(36)38-30(2,3)4/h6-7,9-11,13-16,18,21,27H,5,8,12H2,1-4H3,(H,32,33)/t16?,18-,21+,27-/m0/s1. The summed E-state index contributed by atoms with van der Waals surface area (Å²) < 4.78 is 15.5. The van der Waals surface area contributed by atoms with Gasteiger partial charge >= 0.3 is 6.09 Å². The summed E-state index contributed by atoms with van der Waals surface area (Å²) >= 11 is 3.59. The Kier molecular flexibility index (Phi) is 5.25. The molecule has 0 radical (unpaired) electrons. The average Bonchev–Trinajstić information content (AvgIpc) is 3.64. The third-order valence-electron chi connectivity index (χ3n) is 8.10. The molecule has 8 heteroatoms. The Morgan fingerprint density at radius 3 is 2.82 bits per heavy atom. The van der Waals surface area contributed by atoms with Gasteiger partial charge in [0.05, 0.1) is 29.1 Å². The van der Waals surface area contributed by atoms with E-state index < -0.39 is 5.60 Å². The molecule has 2 aromatic heterocycles. The number of halogens is 1. The van der Waals surface area contributed by atoms with Crippen LogP contribution in [0.1, 0.15) is 65.1 Å². The van der Waals surface area contributed by atoms with Gasteiger partial charge in [0.2, 0.25) is 0 Å². The summed E-state index contributed by atoms with van der Waals surface area (Å²) in [7, 11) is 0. The quantitative estimate of drug-likeness (QED) is 0.264. The molecule has 196 valence electrons. The highest BCUT2D eigenvalue weighted by Gasteiger charge is 2.51. The number of amides is 1. The number of aromatic amines is 1. The fraction of sp³-hybridized carbons (Fsp3) is 0.400. The second kappa shape index (κ2) is 8.37. The Morgan fingerprint density at radius 2 is 2.00 bits per heavy atom. The summed E-state index contributed by atoms with van der Waals surface area (Å²) in [5.41, 5.74) is 4.78. The van der Waals surface area contributed by atoms with Gasteiger partial charge in [0, 0.05) is 27.0 Å². The number of benzene rings is 2. The molecule has 7 rings (SSSR count). The lowest BCUT2D eigenvalue weighted by atomic mass is 9.98. The van der Waals surface area contributed by atoms with E-state index >= 15 is 0 Å².